The lowest BCUT2D eigenvalue weighted by molar-refractivity contribution is 0.270. The van der Waals surface area contributed by atoms with Gasteiger partial charge in [0.15, 0.2) is 0 Å². The quantitative estimate of drug-likeness (QED) is 0.703. The van der Waals surface area contributed by atoms with Crippen LogP contribution in [0, 0.1) is 11.6 Å². The summed E-state index contributed by atoms with van der Waals surface area (Å²) >= 11 is -2.28. The predicted octanol–water partition coefficient (Wildman–Crippen LogP) is 1.29. The van der Waals surface area contributed by atoms with E-state index in [1.165, 1.54) is 0 Å². The SMILES string of the molecule is CC(CO)c1cc(F)c(CNS(=O)O)cc1F. The fourth-order valence-corrected chi connectivity index (χ4v) is 1.63. The molecule has 1 rings (SSSR count). The first kappa shape index (κ1) is 14.2. The maximum Gasteiger partial charge on any atom is 0.232 e. The standard InChI is InChI=1S/C10H13F2NO3S/c1-6(5-14)8-3-9(11)7(2-10(8)12)4-13-17(15)16/h2-3,6,13-14H,4-5H2,1H3,(H,15,16). The van der Waals surface area contributed by atoms with Gasteiger partial charge in [0.1, 0.15) is 11.6 Å². The minimum absolute atomic E-state index is 0.0428. The lowest BCUT2D eigenvalue weighted by Crippen LogP contribution is -2.17. The number of hydrogen-bond donors (Lipinski definition) is 3. The van der Waals surface area contributed by atoms with Crippen molar-refractivity contribution in [1.82, 2.24) is 4.72 Å². The molecule has 4 nitrogen and oxygen atoms in total. The second-order valence-electron chi connectivity index (χ2n) is 3.62. The molecule has 0 saturated heterocycles. The smallest absolute Gasteiger partial charge is 0.232 e. The molecule has 2 unspecified atom stereocenters. The number of halogens is 2. The zero-order valence-electron chi connectivity index (χ0n) is 9.11. The Morgan fingerprint density at radius 3 is 2.59 bits per heavy atom. The number of aliphatic hydroxyl groups is 1. The van der Waals surface area contributed by atoms with Crippen molar-refractivity contribution >= 4 is 11.3 Å². The van der Waals surface area contributed by atoms with Gasteiger partial charge in [0, 0.05) is 24.6 Å². The van der Waals surface area contributed by atoms with Crippen LogP contribution in [0.3, 0.4) is 0 Å². The highest BCUT2D eigenvalue weighted by Gasteiger charge is 2.14. The topological polar surface area (TPSA) is 69.6 Å². The second-order valence-corrected chi connectivity index (χ2v) is 4.41. The van der Waals surface area contributed by atoms with Gasteiger partial charge < -0.3 is 5.11 Å². The van der Waals surface area contributed by atoms with E-state index in [4.69, 9.17) is 9.66 Å². The molecule has 0 aromatic heterocycles. The zero-order chi connectivity index (χ0) is 13.0. The maximum absolute atomic E-state index is 13.5. The van der Waals surface area contributed by atoms with E-state index in [1.54, 1.807) is 6.92 Å². The Bertz CT molecular complexity index is 428. The highest BCUT2D eigenvalue weighted by Crippen LogP contribution is 2.22. The molecule has 2 atom stereocenters. The van der Waals surface area contributed by atoms with Crippen molar-refractivity contribution in [3.8, 4) is 0 Å². The van der Waals surface area contributed by atoms with Gasteiger partial charge in [-0.05, 0) is 17.7 Å². The Hall–Kier alpha value is -0.890. The van der Waals surface area contributed by atoms with Crippen LogP contribution in [0.1, 0.15) is 24.0 Å². The first-order valence-electron chi connectivity index (χ1n) is 4.88. The number of aliphatic hydroxyl groups excluding tert-OH is 1. The summed E-state index contributed by atoms with van der Waals surface area (Å²) in [7, 11) is 0. The summed E-state index contributed by atoms with van der Waals surface area (Å²) in [6, 6.07) is 1.95. The van der Waals surface area contributed by atoms with E-state index in [1.807, 2.05) is 0 Å². The number of nitrogens with one attached hydrogen (secondary N) is 1. The fraction of sp³-hybridized carbons (Fsp3) is 0.400. The molecular formula is C10H13F2NO3S. The van der Waals surface area contributed by atoms with Gasteiger partial charge in [-0.15, -0.1) is 0 Å². The molecule has 96 valence electrons. The van der Waals surface area contributed by atoms with Gasteiger partial charge in [-0.3, -0.25) is 4.55 Å². The van der Waals surface area contributed by atoms with Crippen LogP contribution < -0.4 is 4.72 Å². The Morgan fingerprint density at radius 1 is 1.41 bits per heavy atom. The Morgan fingerprint density at radius 2 is 2.06 bits per heavy atom. The fourth-order valence-electron chi connectivity index (χ4n) is 1.35. The molecule has 3 N–H and O–H groups in total. The van der Waals surface area contributed by atoms with Crippen molar-refractivity contribution in [2.24, 2.45) is 0 Å². The van der Waals surface area contributed by atoms with Crippen molar-refractivity contribution in [3.05, 3.63) is 34.9 Å². The number of hydrogen-bond acceptors (Lipinski definition) is 2. The van der Waals surface area contributed by atoms with Gasteiger partial charge in [-0.2, -0.15) is 0 Å². The summed E-state index contributed by atoms with van der Waals surface area (Å²) in [5.74, 6) is -1.83. The zero-order valence-corrected chi connectivity index (χ0v) is 9.93. The summed E-state index contributed by atoms with van der Waals surface area (Å²) in [5, 5.41) is 8.87. The van der Waals surface area contributed by atoms with Crippen LogP contribution in [0.4, 0.5) is 8.78 Å². The monoisotopic (exact) mass is 265 g/mol. The van der Waals surface area contributed by atoms with E-state index < -0.39 is 28.8 Å². The average molecular weight is 265 g/mol. The largest absolute Gasteiger partial charge is 0.396 e. The van der Waals surface area contributed by atoms with E-state index in [0.717, 1.165) is 12.1 Å². The Labute approximate surface area is 100 Å². The molecule has 0 spiro atoms. The minimum atomic E-state index is -2.28. The van der Waals surface area contributed by atoms with Crippen LogP contribution in [0.2, 0.25) is 0 Å². The first-order chi connectivity index (χ1) is 7.95. The van der Waals surface area contributed by atoms with E-state index in [9.17, 15) is 13.0 Å². The molecule has 17 heavy (non-hydrogen) atoms. The third-order valence-corrected chi connectivity index (χ3v) is 2.75. The van der Waals surface area contributed by atoms with Gasteiger partial charge in [0.2, 0.25) is 11.3 Å². The predicted molar refractivity (Wildman–Crippen MR) is 59.5 cm³/mol. The Balaban J connectivity index is 2.96. The molecule has 0 amide bonds. The normalized spacial score (nSPS) is 14.6. The van der Waals surface area contributed by atoms with Crippen LogP contribution in [-0.4, -0.2) is 20.5 Å². The molecular weight excluding hydrogens is 252 g/mol. The van der Waals surface area contributed by atoms with Crippen molar-refractivity contribution in [2.75, 3.05) is 6.61 Å². The molecule has 0 aliphatic heterocycles. The Kier molecular flexibility index (Phi) is 5.13. The van der Waals surface area contributed by atoms with Crippen LogP contribution in [0.5, 0.6) is 0 Å². The summed E-state index contributed by atoms with van der Waals surface area (Å²) < 4.78 is 47.9. The van der Waals surface area contributed by atoms with Gasteiger partial charge >= 0.3 is 0 Å². The lowest BCUT2D eigenvalue weighted by Gasteiger charge is -2.12. The molecule has 7 heteroatoms. The van der Waals surface area contributed by atoms with Gasteiger partial charge in [-0.25, -0.2) is 17.7 Å². The summed E-state index contributed by atoms with van der Waals surface area (Å²) in [6.07, 6.45) is 0. The second kappa shape index (κ2) is 6.15. The molecule has 0 heterocycles. The first-order valence-corrected chi connectivity index (χ1v) is 5.99. The van der Waals surface area contributed by atoms with E-state index >= 15 is 0 Å². The lowest BCUT2D eigenvalue weighted by atomic mass is 9.99. The van der Waals surface area contributed by atoms with Crippen LogP contribution >= 0.6 is 0 Å². The molecule has 1 aromatic carbocycles. The molecule has 0 fully saturated rings. The van der Waals surface area contributed by atoms with Crippen LogP contribution in [-0.2, 0) is 17.8 Å². The van der Waals surface area contributed by atoms with Gasteiger partial charge in [-0.1, -0.05) is 6.92 Å². The van der Waals surface area contributed by atoms with Crippen LogP contribution in [0.25, 0.3) is 0 Å². The van der Waals surface area contributed by atoms with Gasteiger partial charge in [0.25, 0.3) is 0 Å². The van der Waals surface area contributed by atoms with Gasteiger partial charge in [0.05, 0.1) is 0 Å². The van der Waals surface area contributed by atoms with Crippen LogP contribution in [0.15, 0.2) is 12.1 Å². The molecule has 1 aromatic rings. The third kappa shape index (κ3) is 3.81. The average Bonchev–Trinajstić information content (AvgIpc) is 2.28. The van der Waals surface area contributed by atoms with Crippen molar-refractivity contribution in [1.29, 1.82) is 0 Å². The van der Waals surface area contributed by atoms with E-state index in [2.05, 4.69) is 4.72 Å². The van der Waals surface area contributed by atoms with Crippen molar-refractivity contribution in [3.63, 3.8) is 0 Å². The van der Waals surface area contributed by atoms with Crippen molar-refractivity contribution in [2.45, 2.75) is 19.4 Å². The highest BCUT2D eigenvalue weighted by molar-refractivity contribution is 7.77. The molecule has 0 aliphatic rings. The molecule has 0 radical (unpaired) electrons. The number of rotatable bonds is 5. The molecule has 0 saturated carbocycles. The van der Waals surface area contributed by atoms with Crippen molar-refractivity contribution < 1.29 is 22.6 Å². The minimum Gasteiger partial charge on any atom is -0.396 e. The summed E-state index contributed by atoms with van der Waals surface area (Å²) in [6.45, 7) is 1.03. The molecule has 0 bridgehead atoms. The molecule has 0 aliphatic carbocycles. The third-order valence-electron chi connectivity index (χ3n) is 2.36. The summed E-state index contributed by atoms with van der Waals surface area (Å²) in [5.41, 5.74) is 0.0395. The number of benzene rings is 1. The van der Waals surface area contributed by atoms with E-state index in [-0.39, 0.29) is 24.3 Å². The summed E-state index contributed by atoms with van der Waals surface area (Å²) in [4.78, 5) is 0. The highest BCUT2D eigenvalue weighted by atomic mass is 32.2. The van der Waals surface area contributed by atoms with E-state index in [0.29, 0.717) is 0 Å². The maximum atomic E-state index is 13.5.